The van der Waals surface area contributed by atoms with Crippen molar-refractivity contribution in [3.8, 4) is 17.2 Å². The Balaban J connectivity index is 1.34. The number of hydrogen-bond donors (Lipinski definition) is 1. The minimum Gasteiger partial charge on any atom is -0.508 e. The second kappa shape index (κ2) is 10.2. The van der Waals surface area contributed by atoms with Crippen LogP contribution in [0.1, 0.15) is 69.6 Å². The van der Waals surface area contributed by atoms with Gasteiger partial charge in [0.2, 0.25) is 10.0 Å². The van der Waals surface area contributed by atoms with Gasteiger partial charge in [0, 0.05) is 48.7 Å². The smallest absolute Gasteiger partial charge is 0.308 e. The molecule has 3 fully saturated rings. The summed E-state index contributed by atoms with van der Waals surface area (Å²) in [5, 5.41) is 11.3. The van der Waals surface area contributed by atoms with Crippen LogP contribution in [0.3, 0.4) is 0 Å². The molecule has 226 valence electrons. The predicted octanol–water partition coefficient (Wildman–Crippen LogP) is 4.62. The second-order valence-corrected chi connectivity index (χ2v) is 15.6. The average molecular weight is 595 g/mol. The highest BCUT2D eigenvalue weighted by Gasteiger charge is 2.67. The van der Waals surface area contributed by atoms with Crippen molar-refractivity contribution in [1.29, 1.82) is 0 Å². The number of carbonyl (C=O) groups is 1. The average Bonchev–Trinajstić information content (AvgIpc) is 3.68. The number of phenols is 1. The number of piperidine rings is 1. The van der Waals surface area contributed by atoms with Gasteiger partial charge in [0.1, 0.15) is 11.9 Å². The third kappa shape index (κ3) is 4.54. The number of sulfonamides is 1. The lowest BCUT2D eigenvalue weighted by Crippen LogP contribution is -2.69. The van der Waals surface area contributed by atoms with Crippen LogP contribution in [0.15, 0.2) is 36.4 Å². The van der Waals surface area contributed by atoms with Gasteiger partial charge in [-0.15, -0.1) is 0 Å². The fraction of sp³-hybridized carbons (Fsp3) is 0.606. The molecule has 5 atom stereocenters. The van der Waals surface area contributed by atoms with Crippen LogP contribution in [0.2, 0.25) is 0 Å². The zero-order chi connectivity index (χ0) is 29.4. The number of rotatable bonds is 9. The summed E-state index contributed by atoms with van der Waals surface area (Å²) in [7, 11) is -3.68. The third-order valence-corrected chi connectivity index (χ3v) is 12.2. The Morgan fingerprint density at radius 3 is 2.64 bits per heavy atom. The molecule has 1 spiro atoms. The summed E-state index contributed by atoms with van der Waals surface area (Å²) in [5.74, 6) is 1.54. The van der Waals surface area contributed by atoms with E-state index in [1.165, 1.54) is 25.8 Å². The molecule has 9 heteroatoms. The highest BCUT2D eigenvalue weighted by molar-refractivity contribution is 7.88. The molecule has 7 rings (SSSR count). The van der Waals surface area contributed by atoms with E-state index in [2.05, 4.69) is 18.7 Å². The first-order valence-corrected chi connectivity index (χ1v) is 17.2. The van der Waals surface area contributed by atoms with Gasteiger partial charge in [-0.3, -0.25) is 9.69 Å². The Labute approximate surface area is 249 Å². The molecule has 2 bridgehead atoms. The lowest BCUT2D eigenvalue weighted by atomic mass is 9.51. The molecule has 42 heavy (non-hydrogen) atoms. The van der Waals surface area contributed by atoms with Crippen LogP contribution in [0.5, 0.6) is 17.2 Å². The summed E-state index contributed by atoms with van der Waals surface area (Å²) in [6.45, 7) is 7.88. The summed E-state index contributed by atoms with van der Waals surface area (Å²) in [4.78, 5) is 14.8. The van der Waals surface area contributed by atoms with Crippen molar-refractivity contribution in [2.24, 2.45) is 17.8 Å². The van der Waals surface area contributed by atoms with Gasteiger partial charge in [-0.2, -0.15) is 4.31 Å². The van der Waals surface area contributed by atoms with Crippen molar-refractivity contribution in [2.45, 2.75) is 88.7 Å². The highest BCUT2D eigenvalue weighted by atomic mass is 32.2. The number of hydrogen-bond acceptors (Lipinski definition) is 7. The number of benzene rings is 2. The van der Waals surface area contributed by atoms with Crippen molar-refractivity contribution in [3.05, 3.63) is 53.1 Å². The zero-order valence-electron chi connectivity index (χ0n) is 24.8. The van der Waals surface area contributed by atoms with Crippen molar-refractivity contribution in [1.82, 2.24) is 9.21 Å². The molecule has 0 amide bonds. The molecule has 2 saturated carbocycles. The van der Waals surface area contributed by atoms with E-state index in [4.69, 9.17) is 9.47 Å². The lowest BCUT2D eigenvalue weighted by Gasteiger charge is -2.60. The van der Waals surface area contributed by atoms with E-state index in [9.17, 15) is 18.3 Å². The Morgan fingerprint density at radius 2 is 1.95 bits per heavy atom. The molecule has 0 aromatic heterocycles. The molecular weight excluding hydrogens is 552 g/mol. The standard InChI is InChI=1S/C33H42N2O6S/c1-20(2)17-35(42(38,39)19-23-7-5-4-6-8-23)26-12-11-25-27-15-24-28(37)16-29(40-21(3)36)31-30(24)33(25,32(26)41-31)13-14-34(27)18-22-9-10-22/h4-8,16,20,22,25-27,32,37H,9-15,17-19H2,1-3H3/t25-,26+,27+,32-,33-/m0/s1. The number of nitrogens with zero attached hydrogens (tertiary/aromatic N) is 2. The van der Waals surface area contributed by atoms with Gasteiger partial charge in [0.25, 0.3) is 0 Å². The maximum Gasteiger partial charge on any atom is 0.308 e. The summed E-state index contributed by atoms with van der Waals surface area (Å²) >= 11 is 0. The molecule has 0 radical (unpaired) electrons. The van der Waals surface area contributed by atoms with Gasteiger partial charge in [-0.05, 0) is 68.4 Å². The molecule has 1 N–H and O–H groups in total. The maximum absolute atomic E-state index is 14.2. The Morgan fingerprint density at radius 1 is 1.19 bits per heavy atom. The van der Waals surface area contributed by atoms with Crippen molar-refractivity contribution in [3.63, 3.8) is 0 Å². The molecule has 0 unspecified atom stereocenters. The molecule has 1 saturated heterocycles. The van der Waals surface area contributed by atoms with Gasteiger partial charge in [0.15, 0.2) is 11.5 Å². The van der Waals surface area contributed by atoms with Crippen LogP contribution in [0.4, 0.5) is 0 Å². The van der Waals surface area contributed by atoms with E-state index in [1.54, 1.807) is 4.31 Å². The van der Waals surface area contributed by atoms with E-state index >= 15 is 0 Å². The Kier molecular flexibility index (Phi) is 6.87. The minimum atomic E-state index is -3.68. The minimum absolute atomic E-state index is 0.0598. The van der Waals surface area contributed by atoms with Gasteiger partial charge in [-0.1, -0.05) is 44.2 Å². The normalized spacial score (nSPS) is 29.8. The quantitative estimate of drug-likeness (QED) is 0.334. The Bertz CT molecular complexity index is 1490. The fourth-order valence-corrected chi connectivity index (χ4v) is 10.7. The van der Waals surface area contributed by atoms with E-state index < -0.39 is 27.5 Å². The molecule has 2 aliphatic heterocycles. The second-order valence-electron chi connectivity index (χ2n) is 13.7. The van der Waals surface area contributed by atoms with Crippen molar-refractivity contribution < 1.29 is 27.8 Å². The van der Waals surface area contributed by atoms with Crippen LogP contribution >= 0.6 is 0 Å². The van der Waals surface area contributed by atoms with Crippen LogP contribution < -0.4 is 9.47 Å². The number of carbonyl (C=O) groups excluding carboxylic acids is 1. The third-order valence-electron chi connectivity index (χ3n) is 10.4. The molecule has 2 aromatic rings. The SMILES string of the molecule is CC(=O)Oc1cc(O)c2c3c1O[C@H]1[C@H](N(CC(C)C)S(=O)(=O)Cc4ccccc4)CC[C@H]4[C@@H](C2)N(CC2CC2)CC[C@@]341. The molecule has 8 nitrogen and oxygen atoms in total. The molecular formula is C33H42N2O6S. The van der Waals surface area contributed by atoms with Crippen molar-refractivity contribution >= 4 is 16.0 Å². The van der Waals surface area contributed by atoms with E-state index in [-0.39, 0.29) is 41.2 Å². The van der Waals surface area contributed by atoms with Crippen LogP contribution in [0, 0.1) is 17.8 Å². The number of esters is 1. The zero-order valence-corrected chi connectivity index (χ0v) is 25.6. The fourth-order valence-electron chi connectivity index (χ4n) is 8.72. The van der Waals surface area contributed by atoms with Gasteiger partial charge in [-0.25, -0.2) is 8.42 Å². The maximum atomic E-state index is 14.2. The monoisotopic (exact) mass is 594 g/mol. The lowest BCUT2D eigenvalue weighted by molar-refractivity contribution is -0.132. The number of phenolic OH excluding ortho intramolecular Hbond substituents is 1. The molecule has 2 heterocycles. The molecule has 2 aromatic carbocycles. The van der Waals surface area contributed by atoms with Crippen LogP contribution in [0.25, 0.3) is 0 Å². The number of likely N-dealkylation sites (tertiary alicyclic amines) is 1. The highest BCUT2D eigenvalue weighted by Crippen LogP contribution is 2.66. The topological polar surface area (TPSA) is 96.4 Å². The van der Waals surface area contributed by atoms with Crippen molar-refractivity contribution in [2.75, 3.05) is 19.6 Å². The first kappa shape index (κ1) is 28.2. The molecule has 3 aliphatic carbocycles. The number of aromatic hydroxyl groups is 1. The molecule has 5 aliphatic rings. The number of ether oxygens (including phenoxy) is 2. The first-order chi connectivity index (χ1) is 20.1. The van der Waals surface area contributed by atoms with Crippen LogP contribution in [-0.4, -0.2) is 66.5 Å². The first-order valence-electron chi connectivity index (χ1n) is 15.6. The van der Waals surface area contributed by atoms with Gasteiger partial charge < -0.3 is 14.6 Å². The van der Waals surface area contributed by atoms with Crippen LogP contribution in [-0.2, 0) is 32.4 Å². The summed E-state index contributed by atoms with van der Waals surface area (Å²) < 4.78 is 42.7. The largest absolute Gasteiger partial charge is 0.508 e. The van der Waals surface area contributed by atoms with E-state index in [0.717, 1.165) is 55.0 Å². The van der Waals surface area contributed by atoms with E-state index in [1.807, 2.05) is 30.3 Å². The predicted molar refractivity (Wildman–Crippen MR) is 159 cm³/mol. The van der Waals surface area contributed by atoms with E-state index in [0.29, 0.717) is 18.7 Å². The summed E-state index contributed by atoms with van der Waals surface area (Å²) in [6, 6.07) is 10.8. The van der Waals surface area contributed by atoms with Gasteiger partial charge >= 0.3 is 5.97 Å². The van der Waals surface area contributed by atoms with Gasteiger partial charge in [0.05, 0.1) is 11.8 Å². The Hall–Kier alpha value is -2.62. The summed E-state index contributed by atoms with van der Waals surface area (Å²) in [5.41, 5.74) is 2.17. The summed E-state index contributed by atoms with van der Waals surface area (Å²) in [6.07, 6.45) is 5.32.